The summed E-state index contributed by atoms with van der Waals surface area (Å²) in [6.45, 7) is 14.8. The second-order valence-electron chi connectivity index (χ2n) is 12.2. The molecule has 2 aromatic carbocycles. The van der Waals surface area contributed by atoms with Crippen molar-refractivity contribution in [1.82, 2.24) is 9.88 Å². The van der Waals surface area contributed by atoms with Gasteiger partial charge in [0, 0.05) is 55.2 Å². The highest BCUT2D eigenvalue weighted by molar-refractivity contribution is 5.88. The normalized spacial score (nSPS) is 18.1. The molecule has 5 rings (SSSR count). The van der Waals surface area contributed by atoms with E-state index >= 15 is 0 Å². The van der Waals surface area contributed by atoms with Gasteiger partial charge in [-0.3, -0.25) is 14.7 Å². The summed E-state index contributed by atoms with van der Waals surface area (Å²) in [5, 5.41) is 10.0. The summed E-state index contributed by atoms with van der Waals surface area (Å²) in [5.74, 6) is -1.66. The first-order valence-electron chi connectivity index (χ1n) is 14.1. The van der Waals surface area contributed by atoms with Crippen molar-refractivity contribution < 1.29 is 14.3 Å². The van der Waals surface area contributed by atoms with Crippen LogP contribution in [0.15, 0.2) is 42.5 Å². The predicted molar refractivity (Wildman–Crippen MR) is 155 cm³/mol. The van der Waals surface area contributed by atoms with Crippen molar-refractivity contribution in [3.05, 3.63) is 81.9 Å². The van der Waals surface area contributed by atoms with Gasteiger partial charge in [0.05, 0.1) is 11.6 Å². The minimum absolute atomic E-state index is 0.204. The number of halogens is 1. The van der Waals surface area contributed by atoms with Gasteiger partial charge in [-0.05, 0) is 79.8 Å². The van der Waals surface area contributed by atoms with Crippen LogP contribution in [0.3, 0.4) is 0 Å². The van der Waals surface area contributed by atoms with Gasteiger partial charge in [-0.25, -0.2) is 4.39 Å². The van der Waals surface area contributed by atoms with Crippen LogP contribution < -0.4 is 4.90 Å². The second kappa shape index (κ2) is 10.7. The molecule has 0 saturated carbocycles. The lowest BCUT2D eigenvalue weighted by Crippen LogP contribution is -2.38. The van der Waals surface area contributed by atoms with Gasteiger partial charge >= 0.3 is 5.97 Å². The van der Waals surface area contributed by atoms with Crippen LogP contribution in [-0.2, 0) is 24.3 Å². The SMILES string of the molecule is Cc1nc(C)c([C@H](C)C(=O)O)c(N2CCC(C)(C)CC2)c1-c1ccc2c(c1)CCN(Cc1ccc(F)cc1)C2. The number of carbonyl (C=O) groups is 1. The largest absolute Gasteiger partial charge is 0.481 e. The number of carboxylic acids is 1. The van der Waals surface area contributed by atoms with Crippen molar-refractivity contribution in [3.63, 3.8) is 0 Å². The lowest BCUT2D eigenvalue weighted by atomic mass is 9.81. The summed E-state index contributed by atoms with van der Waals surface area (Å²) >= 11 is 0. The Morgan fingerprint density at radius 3 is 2.38 bits per heavy atom. The molecule has 3 heterocycles. The molecule has 2 aliphatic heterocycles. The van der Waals surface area contributed by atoms with Crippen LogP contribution in [0.5, 0.6) is 0 Å². The second-order valence-corrected chi connectivity index (χ2v) is 12.2. The molecule has 0 bridgehead atoms. The number of pyridine rings is 1. The summed E-state index contributed by atoms with van der Waals surface area (Å²) in [5.41, 5.74) is 9.88. The third-order valence-electron chi connectivity index (χ3n) is 8.72. The van der Waals surface area contributed by atoms with E-state index in [1.54, 1.807) is 6.92 Å². The predicted octanol–water partition coefficient (Wildman–Crippen LogP) is 6.88. The Hall–Kier alpha value is -3.25. The molecule has 1 atom stereocenters. The van der Waals surface area contributed by atoms with E-state index in [-0.39, 0.29) is 11.2 Å². The Morgan fingerprint density at radius 1 is 1.03 bits per heavy atom. The molecule has 3 aromatic rings. The van der Waals surface area contributed by atoms with Crippen LogP contribution in [0.4, 0.5) is 10.1 Å². The Labute approximate surface area is 231 Å². The van der Waals surface area contributed by atoms with Crippen LogP contribution >= 0.6 is 0 Å². The van der Waals surface area contributed by atoms with E-state index in [2.05, 4.69) is 48.8 Å². The van der Waals surface area contributed by atoms with E-state index in [9.17, 15) is 14.3 Å². The minimum Gasteiger partial charge on any atom is -0.481 e. The van der Waals surface area contributed by atoms with Gasteiger partial charge in [-0.1, -0.05) is 44.2 Å². The molecule has 5 nitrogen and oxygen atoms in total. The number of aliphatic carboxylic acids is 1. The number of piperidine rings is 1. The van der Waals surface area contributed by atoms with Gasteiger partial charge in [0.2, 0.25) is 0 Å². The third-order valence-corrected chi connectivity index (χ3v) is 8.72. The Balaban J connectivity index is 1.52. The molecule has 2 aliphatic rings. The first kappa shape index (κ1) is 27.3. The number of aromatic nitrogens is 1. The average molecular weight is 530 g/mol. The first-order valence-corrected chi connectivity index (χ1v) is 14.1. The number of nitrogens with zero attached hydrogens (tertiary/aromatic N) is 3. The minimum atomic E-state index is -0.819. The zero-order valence-corrected chi connectivity index (χ0v) is 23.9. The molecular formula is C33H40FN3O2. The Kier molecular flexibility index (Phi) is 7.51. The van der Waals surface area contributed by atoms with Crippen LogP contribution in [0.25, 0.3) is 11.1 Å². The van der Waals surface area contributed by atoms with E-state index in [1.165, 1.54) is 23.3 Å². The Bertz CT molecular complexity index is 1370. The van der Waals surface area contributed by atoms with Crippen molar-refractivity contribution in [2.45, 2.75) is 72.9 Å². The monoisotopic (exact) mass is 529 g/mol. The third kappa shape index (κ3) is 5.72. The van der Waals surface area contributed by atoms with Gasteiger partial charge in [-0.2, -0.15) is 0 Å². The fourth-order valence-corrected chi connectivity index (χ4v) is 6.25. The lowest BCUT2D eigenvalue weighted by molar-refractivity contribution is -0.138. The molecule has 1 fully saturated rings. The quantitative estimate of drug-likeness (QED) is 0.377. The summed E-state index contributed by atoms with van der Waals surface area (Å²) in [6, 6.07) is 13.5. The topological polar surface area (TPSA) is 56.7 Å². The van der Waals surface area contributed by atoms with Crippen LogP contribution in [0.1, 0.15) is 73.2 Å². The highest BCUT2D eigenvalue weighted by Crippen LogP contribution is 2.44. The van der Waals surface area contributed by atoms with Crippen LogP contribution in [0, 0.1) is 25.1 Å². The number of rotatable bonds is 6. The molecule has 6 heteroatoms. The number of anilines is 1. The number of fused-ring (bicyclic) bond motifs is 1. The first-order chi connectivity index (χ1) is 18.5. The van der Waals surface area contributed by atoms with E-state index in [4.69, 9.17) is 4.98 Å². The van der Waals surface area contributed by atoms with E-state index in [0.717, 1.165) is 91.3 Å². The molecule has 39 heavy (non-hydrogen) atoms. The Morgan fingerprint density at radius 2 is 1.72 bits per heavy atom. The highest BCUT2D eigenvalue weighted by atomic mass is 19.1. The molecule has 0 spiro atoms. The maximum Gasteiger partial charge on any atom is 0.310 e. The average Bonchev–Trinajstić information content (AvgIpc) is 2.89. The van der Waals surface area contributed by atoms with Crippen molar-refractivity contribution in [2.75, 3.05) is 24.5 Å². The molecule has 206 valence electrons. The van der Waals surface area contributed by atoms with Crippen molar-refractivity contribution in [3.8, 4) is 11.1 Å². The van der Waals surface area contributed by atoms with Gasteiger partial charge in [0.15, 0.2) is 0 Å². The molecule has 0 aliphatic carbocycles. The van der Waals surface area contributed by atoms with Gasteiger partial charge in [0.25, 0.3) is 0 Å². The zero-order valence-electron chi connectivity index (χ0n) is 23.9. The molecule has 0 amide bonds. The smallest absolute Gasteiger partial charge is 0.310 e. The van der Waals surface area contributed by atoms with E-state index in [0.29, 0.717) is 0 Å². The van der Waals surface area contributed by atoms with Crippen molar-refractivity contribution >= 4 is 11.7 Å². The molecule has 1 aromatic heterocycles. The van der Waals surface area contributed by atoms with Crippen molar-refractivity contribution in [2.24, 2.45) is 5.41 Å². The fraction of sp³-hybridized carbons (Fsp3) is 0.455. The maximum atomic E-state index is 13.3. The fourth-order valence-electron chi connectivity index (χ4n) is 6.25. The summed E-state index contributed by atoms with van der Waals surface area (Å²) < 4.78 is 13.3. The number of benzene rings is 2. The van der Waals surface area contributed by atoms with Gasteiger partial charge in [-0.15, -0.1) is 0 Å². The summed E-state index contributed by atoms with van der Waals surface area (Å²) in [7, 11) is 0. The number of carboxylic acid groups (broad SMARTS) is 1. The lowest BCUT2D eigenvalue weighted by Gasteiger charge is -2.41. The van der Waals surface area contributed by atoms with E-state index in [1.807, 2.05) is 19.1 Å². The molecule has 1 N–H and O–H groups in total. The number of hydrogen-bond acceptors (Lipinski definition) is 4. The summed E-state index contributed by atoms with van der Waals surface area (Å²) in [6.07, 6.45) is 3.08. The van der Waals surface area contributed by atoms with Gasteiger partial charge < -0.3 is 10.0 Å². The number of hydrogen-bond donors (Lipinski definition) is 1. The molecule has 0 radical (unpaired) electrons. The van der Waals surface area contributed by atoms with Crippen LogP contribution in [-0.4, -0.2) is 40.6 Å². The summed E-state index contributed by atoms with van der Waals surface area (Å²) in [4.78, 5) is 21.9. The van der Waals surface area contributed by atoms with Crippen LogP contribution in [0.2, 0.25) is 0 Å². The molecule has 0 unspecified atom stereocenters. The molecule has 1 saturated heterocycles. The zero-order chi connectivity index (χ0) is 27.9. The van der Waals surface area contributed by atoms with Gasteiger partial charge in [0.1, 0.15) is 5.82 Å². The highest BCUT2D eigenvalue weighted by Gasteiger charge is 2.32. The van der Waals surface area contributed by atoms with E-state index < -0.39 is 11.9 Å². The van der Waals surface area contributed by atoms with Crippen molar-refractivity contribution in [1.29, 1.82) is 0 Å². The maximum absolute atomic E-state index is 13.3. The molecular weight excluding hydrogens is 489 g/mol. The number of aryl methyl sites for hydroxylation is 2. The standard InChI is InChI=1S/C33H40FN3O2/c1-21(32(38)39)29-22(2)35-23(3)30(31(29)37-16-13-33(4,5)14-17-37)26-8-9-27-20-36(15-12-25(27)18-26)19-24-6-10-28(34)11-7-24/h6-11,18,21H,12-17,19-20H2,1-5H3,(H,38,39)/t21-/m0/s1.